The number of allylic oxidation sites excluding steroid dienone is 1. The zero-order valence-electron chi connectivity index (χ0n) is 6.87. The Balaban J connectivity index is 3.70. The smallest absolute Gasteiger partial charge is 0.192 e. The summed E-state index contributed by atoms with van der Waals surface area (Å²) in [7, 11) is -3.14. The van der Waals surface area contributed by atoms with E-state index in [2.05, 4.69) is 22.5 Å². The second-order valence-electron chi connectivity index (χ2n) is 2.31. The van der Waals surface area contributed by atoms with Gasteiger partial charge in [-0.3, -0.25) is 0 Å². The van der Waals surface area contributed by atoms with Gasteiger partial charge in [0.25, 0.3) is 0 Å². The molecule has 0 aliphatic carbocycles. The van der Waals surface area contributed by atoms with Crippen LogP contribution in [0.15, 0.2) is 23.5 Å². The van der Waals surface area contributed by atoms with Crippen LogP contribution in [0.3, 0.4) is 0 Å². The molecule has 0 radical (unpaired) electrons. The van der Waals surface area contributed by atoms with E-state index in [0.29, 0.717) is 0 Å². The molecule has 0 N–H and O–H groups in total. The van der Waals surface area contributed by atoms with Crippen LogP contribution in [0.5, 0.6) is 0 Å². The number of unbranched alkanes of at least 4 members (excludes halogenated alkanes) is 2. The van der Waals surface area contributed by atoms with Gasteiger partial charge in [-0.05, 0) is 19.3 Å². The van der Waals surface area contributed by atoms with Gasteiger partial charge < -0.3 is 0 Å². The number of hydrogen-bond acceptors (Lipinski definition) is 2. The van der Waals surface area contributed by atoms with Crippen molar-refractivity contribution in [3.63, 3.8) is 0 Å². The van der Waals surface area contributed by atoms with Crippen LogP contribution in [0.2, 0.25) is 0 Å². The molecule has 0 atom stereocenters. The standard InChI is InChI=1S/C8H13BrO2S/c1-2-12(10,11)8-6-4-3-5-7-9/h2,6,8H,1,3-5,7H2/b8-6+. The maximum Gasteiger partial charge on any atom is 0.192 e. The Morgan fingerprint density at radius 3 is 2.50 bits per heavy atom. The highest BCUT2D eigenvalue weighted by Gasteiger charge is 1.94. The first-order valence-corrected chi connectivity index (χ1v) is 6.45. The molecular weight excluding hydrogens is 240 g/mol. The highest BCUT2D eigenvalue weighted by molar-refractivity contribution is 9.09. The highest BCUT2D eigenvalue weighted by Crippen LogP contribution is 2.01. The molecule has 0 aromatic carbocycles. The lowest BCUT2D eigenvalue weighted by molar-refractivity contribution is 0.612. The Bertz CT molecular complexity index is 242. The molecule has 0 spiro atoms. The summed E-state index contributed by atoms with van der Waals surface area (Å²) in [6.07, 6.45) is 4.55. The fourth-order valence-electron chi connectivity index (χ4n) is 0.614. The normalized spacial score (nSPS) is 12.1. The Morgan fingerprint density at radius 2 is 2.00 bits per heavy atom. The van der Waals surface area contributed by atoms with Gasteiger partial charge in [-0.25, -0.2) is 8.42 Å². The number of hydrogen-bond donors (Lipinski definition) is 0. The van der Waals surface area contributed by atoms with E-state index in [-0.39, 0.29) is 0 Å². The molecule has 0 aromatic heterocycles. The van der Waals surface area contributed by atoms with Gasteiger partial charge in [0.15, 0.2) is 9.84 Å². The minimum absolute atomic E-state index is 0.804. The average Bonchev–Trinajstić information content (AvgIpc) is 2.04. The predicted octanol–water partition coefficient (Wildman–Crippen LogP) is 2.62. The van der Waals surface area contributed by atoms with Crippen molar-refractivity contribution in [2.24, 2.45) is 0 Å². The molecule has 0 unspecified atom stereocenters. The quantitative estimate of drug-likeness (QED) is 0.538. The van der Waals surface area contributed by atoms with E-state index in [4.69, 9.17) is 0 Å². The zero-order valence-corrected chi connectivity index (χ0v) is 9.27. The molecule has 12 heavy (non-hydrogen) atoms. The molecule has 70 valence electrons. The van der Waals surface area contributed by atoms with Crippen LogP contribution in [0.25, 0.3) is 0 Å². The third-order valence-electron chi connectivity index (χ3n) is 1.27. The van der Waals surface area contributed by atoms with E-state index in [0.717, 1.165) is 30.0 Å². The van der Waals surface area contributed by atoms with Crippen LogP contribution in [0.1, 0.15) is 19.3 Å². The summed E-state index contributed by atoms with van der Waals surface area (Å²) in [5.41, 5.74) is 0. The zero-order chi connectivity index (χ0) is 9.45. The molecule has 0 saturated carbocycles. The highest BCUT2D eigenvalue weighted by atomic mass is 79.9. The SMILES string of the molecule is C=CS(=O)(=O)/C=C/CCCCBr. The second kappa shape index (κ2) is 6.43. The molecule has 0 bridgehead atoms. The molecule has 0 fully saturated rings. The van der Waals surface area contributed by atoms with Crippen molar-refractivity contribution in [3.8, 4) is 0 Å². The molecule has 0 aliphatic rings. The first kappa shape index (κ1) is 11.9. The van der Waals surface area contributed by atoms with Crippen molar-refractivity contribution in [3.05, 3.63) is 23.5 Å². The van der Waals surface area contributed by atoms with Gasteiger partial charge in [-0.15, -0.1) is 0 Å². The summed E-state index contributed by atoms with van der Waals surface area (Å²) in [4.78, 5) is 0. The predicted molar refractivity (Wildman–Crippen MR) is 55.9 cm³/mol. The van der Waals surface area contributed by atoms with Crippen LogP contribution < -0.4 is 0 Å². The van der Waals surface area contributed by atoms with Crippen LogP contribution in [0.4, 0.5) is 0 Å². The van der Waals surface area contributed by atoms with Gasteiger partial charge in [-0.2, -0.15) is 0 Å². The number of alkyl halides is 1. The minimum Gasteiger partial charge on any atom is -0.220 e. The number of halogens is 1. The molecule has 0 rings (SSSR count). The summed E-state index contributed by atoms with van der Waals surface area (Å²) < 4.78 is 21.6. The Kier molecular flexibility index (Phi) is 6.38. The number of rotatable bonds is 6. The van der Waals surface area contributed by atoms with Gasteiger partial charge in [-0.1, -0.05) is 28.6 Å². The topological polar surface area (TPSA) is 34.1 Å². The van der Waals surface area contributed by atoms with Crippen LogP contribution in [-0.2, 0) is 9.84 Å². The fraction of sp³-hybridized carbons (Fsp3) is 0.500. The van der Waals surface area contributed by atoms with Crippen LogP contribution in [0, 0.1) is 0 Å². The maximum atomic E-state index is 10.8. The van der Waals surface area contributed by atoms with Crippen molar-refractivity contribution in [2.75, 3.05) is 5.33 Å². The van der Waals surface area contributed by atoms with E-state index in [1.807, 2.05) is 0 Å². The molecule has 4 heteroatoms. The van der Waals surface area contributed by atoms with Gasteiger partial charge in [0, 0.05) is 16.1 Å². The van der Waals surface area contributed by atoms with Crippen molar-refractivity contribution in [1.29, 1.82) is 0 Å². The van der Waals surface area contributed by atoms with E-state index in [1.54, 1.807) is 6.08 Å². The minimum atomic E-state index is -3.14. The van der Waals surface area contributed by atoms with Gasteiger partial charge in [0.2, 0.25) is 0 Å². The van der Waals surface area contributed by atoms with Crippen molar-refractivity contribution in [2.45, 2.75) is 19.3 Å². The van der Waals surface area contributed by atoms with Gasteiger partial charge >= 0.3 is 0 Å². The summed E-state index contributed by atoms with van der Waals surface area (Å²) >= 11 is 3.30. The monoisotopic (exact) mass is 252 g/mol. The first-order valence-electron chi connectivity index (χ1n) is 3.72. The van der Waals surface area contributed by atoms with E-state index in [1.165, 1.54) is 5.41 Å². The third kappa shape index (κ3) is 6.61. The maximum absolute atomic E-state index is 10.8. The van der Waals surface area contributed by atoms with Crippen molar-refractivity contribution >= 4 is 25.8 Å². The van der Waals surface area contributed by atoms with E-state index in [9.17, 15) is 8.42 Å². The average molecular weight is 253 g/mol. The van der Waals surface area contributed by atoms with Gasteiger partial charge in [0.05, 0.1) is 0 Å². The van der Waals surface area contributed by atoms with Crippen molar-refractivity contribution in [1.82, 2.24) is 0 Å². The second-order valence-corrected chi connectivity index (χ2v) is 4.89. The summed E-state index contributed by atoms with van der Waals surface area (Å²) in [5, 5.41) is 3.12. The Hall–Kier alpha value is -0.0900. The third-order valence-corrected chi connectivity index (χ3v) is 2.87. The van der Waals surface area contributed by atoms with E-state index < -0.39 is 9.84 Å². The Labute approximate surface area is 82.4 Å². The van der Waals surface area contributed by atoms with Crippen LogP contribution in [-0.4, -0.2) is 13.7 Å². The lowest BCUT2D eigenvalue weighted by Crippen LogP contribution is -1.86. The lowest BCUT2D eigenvalue weighted by atomic mass is 10.2. The number of sulfone groups is 1. The van der Waals surface area contributed by atoms with Crippen LogP contribution >= 0.6 is 15.9 Å². The molecular formula is C8H13BrO2S. The Morgan fingerprint density at radius 1 is 1.33 bits per heavy atom. The molecule has 2 nitrogen and oxygen atoms in total. The van der Waals surface area contributed by atoms with Gasteiger partial charge in [0.1, 0.15) is 0 Å². The lowest BCUT2D eigenvalue weighted by Gasteiger charge is -1.90. The molecule has 0 aromatic rings. The summed E-state index contributed by atoms with van der Waals surface area (Å²) in [5.74, 6) is 0. The largest absolute Gasteiger partial charge is 0.220 e. The molecule has 0 heterocycles. The molecule has 0 amide bonds. The fourth-order valence-corrected chi connectivity index (χ4v) is 1.53. The van der Waals surface area contributed by atoms with Crippen molar-refractivity contribution < 1.29 is 8.42 Å². The molecule has 0 aliphatic heterocycles. The van der Waals surface area contributed by atoms with E-state index >= 15 is 0 Å². The summed E-state index contributed by atoms with van der Waals surface area (Å²) in [6.45, 7) is 3.20. The summed E-state index contributed by atoms with van der Waals surface area (Å²) in [6, 6.07) is 0. The first-order chi connectivity index (χ1) is 5.62. The molecule has 0 saturated heterocycles.